The topological polar surface area (TPSA) is 56.9 Å². The number of hydrogen-bond acceptors (Lipinski definition) is 4. The van der Waals surface area contributed by atoms with Crippen LogP contribution in [-0.2, 0) is 11.8 Å². The minimum absolute atomic E-state index is 0.655. The lowest BCUT2D eigenvalue weighted by Gasteiger charge is -2.35. The molecule has 4 heterocycles. The van der Waals surface area contributed by atoms with Crippen molar-refractivity contribution in [3.05, 3.63) is 41.9 Å². The minimum Gasteiger partial charge on any atom is -0.381 e. The number of aromatic nitrogens is 4. The molecule has 0 spiro atoms. The number of rotatable bonds is 3. The Balaban J connectivity index is 1.34. The zero-order valence-corrected chi connectivity index (χ0v) is 16.5. The standard InChI is InChI=1S/C22H27N5O/c1-13-3-16-8-25-27(18-9-24-26(2)10-18)21(16)6-19(13)14-4-15-7-23-22(20(15)5-14)17-11-28-12-17/h3,6,8-10,14-15,17,20,22-23H,4-5,7,11-12H2,1-2H3/t14-,15+,20-,22+/m1/s1. The molecule has 6 heteroatoms. The van der Waals surface area contributed by atoms with Gasteiger partial charge in [-0.2, -0.15) is 10.2 Å². The summed E-state index contributed by atoms with van der Waals surface area (Å²) in [6, 6.07) is 5.37. The van der Waals surface area contributed by atoms with Gasteiger partial charge in [0.1, 0.15) is 5.69 Å². The highest BCUT2D eigenvalue weighted by atomic mass is 16.5. The third kappa shape index (κ3) is 2.47. The van der Waals surface area contributed by atoms with Crippen LogP contribution in [0.5, 0.6) is 0 Å². The maximum Gasteiger partial charge on any atom is 0.103 e. The Morgan fingerprint density at radius 2 is 2.00 bits per heavy atom. The summed E-state index contributed by atoms with van der Waals surface area (Å²) in [6.07, 6.45) is 8.46. The lowest BCUT2D eigenvalue weighted by molar-refractivity contribution is -0.0541. The van der Waals surface area contributed by atoms with E-state index in [0.717, 1.165) is 36.7 Å². The van der Waals surface area contributed by atoms with Crippen LogP contribution in [0.2, 0.25) is 0 Å². The van der Waals surface area contributed by atoms with Crippen LogP contribution in [0.3, 0.4) is 0 Å². The summed E-state index contributed by atoms with van der Waals surface area (Å²) in [5.74, 6) is 3.00. The molecule has 6 nitrogen and oxygen atoms in total. The second kappa shape index (κ2) is 6.16. The number of fused-ring (bicyclic) bond motifs is 2. The monoisotopic (exact) mass is 377 g/mol. The highest BCUT2D eigenvalue weighted by molar-refractivity contribution is 5.82. The molecule has 1 saturated carbocycles. The summed E-state index contributed by atoms with van der Waals surface area (Å²) in [7, 11) is 1.94. The molecular formula is C22H27N5O. The van der Waals surface area contributed by atoms with Gasteiger partial charge in [-0.3, -0.25) is 4.68 Å². The van der Waals surface area contributed by atoms with Gasteiger partial charge < -0.3 is 10.1 Å². The summed E-state index contributed by atoms with van der Waals surface area (Å²) in [5, 5.41) is 14.0. The van der Waals surface area contributed by atoms with Gasteiger partial charge in [-0.05, 0) is 67.3 Å². The van der Waals surface area contributed by atoms with Crippen molar-refractivity contribution in [2.45, 2.75) is 31.7 Å². The lowest BCUT2D eigenvalue weighted by atomic mass is 9.84. The van der Waals surface area contributed by atoms with Crippen molar-refractivity contribution < 1.29 is 4.74 Å². The van der Waals surface area contributed by atoms with Crippen LogP contribution in [0.25, 0.3) is 16.6 Å². The molecule has 0 bridgehead atoms. The zero-order chi connectivity index (χ0) is 18.8. The van der Waals surface area contributed by atoms with E-state index in [2.05, 4.69) is 34.6 Å². The molecule has 3 aromatic rings. The van der Waals surface area contributed by atoms with Gasteiger partial charge in [0.2, 0.25) is 0 Å². The van der Waals surface area contributed by atoms with Crippen LogP contribution in [-0.4, -0.2) is 45.4 Å². The van der Waals surface area contributed by atoms with Crippen molar-refractivity contribution in [2.75, 3.05) is 19.8 Å². The highest BCUT2D eigenvalue weighted by Gasteiger charge is 2.47. The number of benzene rings is 1. The van der Waals surface area contributed by atoms with Crippen LogP contribution in [0.15, 0.2) is 30.7 Å². The summed E-state index contributed by atoms with van der Waals surface area (Å²) in [6.45, 7) is 5.33. The average molecular weight is 377 g/mol. The zero-order valence-electron chi connectivity index (χ0n) is 16.5. The van der Waals surface area contributed by atoms with E-state index in [4.69, 9.17) is 4.74 Å². The second-order valence-electron chi connectivity index (χ2n) is 9.02. The first-order valence-electron chi connectivity index (χ1n) is 10.5. The summed E-state index contributed by atoms with van der Waals surface area (Å²) < 4.78 is 9.32. The predicted octanol–water partition coefficient (Wildman–Crippen LogP) is 2.80. The van der Waals surface area contributed by atoms with Crippen LogP contribution >= 0.6 is 0 Å². The van der Waals surface area contributed by atoms with Crippen LogP contribution < -0.4 is 5.32 Å². The van der Waals surface area contributed by atoms with E-state index in [9.17, 15) is 0 Å². The Bertz CT molecular complexity index is 1030. The van der Waals surface area contributed by atoms with Crippen molar-refractivity contribution in [1.29, 1.82) is 0 Å². The fourth-order valence-electron chi connectivity index (χ4n) is 5.87. The van der Waals surface area contributed by atoms with Crippen molar-refractivity contribution in [2.24, 2.45) is 24.8 Å². The van der Waals surface area contributed by atoms with E-state index in [1.807, 2.05) is 35.0 Å². The van der Waals surface area contributed by atoms with Gasteiger partial charge in [0, 0.05) is 24.4 Å². The van der Waals surface area contributed by atoms with Gasteiger partial charge in [0.15, 0.2) is 0 Å². The Hall–Kier alpha value is -2.18. The van der Waals surface area contributed by atoms with Gasteiger partial charge in [-0.25, -0.2) is 4.68 Å². The maximum absolute atomic E-state index is 5.47. The molecule has 2 aliphatic heterocycles. The smallest absolute Gasteiger partial charge is 0.103 e. The number of aryl methyl sites for hydroxylation is 2. The fourth-order valence-corrected chi connectivity index (χ4v) is 5.87. The van der Waals surface area contributed by atoms with E-state index in [1.54, 1.807) is 0 Å². The van der Waals surface area contributed by atoms with Gasteiger partial charge in [0.05, 0.1) is 37.3 Å². The molecule has 0 amide bonds. The van der Waals surface area contributed by atoms with E-state index >= 15 is 0 Å². The first kappa shape index (κ1) is 16.7. The van der Waals surface area contributed by atoms with Crippen LogP contribution in [0, 0.1) is 24.7 Å². The van der Waals surface area contributed by atoms with E-state index in [0.29, 0.717) is 12.0 Å². The van der Waals surface area contributed by atoms with Gasteiger partial charge in [-0.15, -0.1) is 0 Å². The van der Waals surface area contributed by atoms with Crippen molar-refractivity contribution in [3.63, 3.8) is 0 Å². The third-order valence-corrected chi connectivity index (χ3v) is 7.33. The molecule has 3 aliphatic rings. The second-order valence-corrected chi connectivity index (χ2v) is 9.02. The number of nitrogens with zero attached hydrogens (tertiary/aromatic N) is 4. The Labute approximate surface area is 164 Å². The van der Waals surface area contributed by atoms with Gasteiger partial charge in [-0.1, -0.05) is 0 Å². The molecule has 0 unspecified atom stereocenters. The molecule has 3 fully saturated rings. The first-order valence-corrected chi connectivity index (χ1v) is 10.5. The van der Waals surface area contributed by atoms with Gasteiger partial charge in [0.25, 0.3) is 0 Å². The van der Waals surface area contributed by atoms with E-state index < -0.39 is 0 Å². The third-order valence-electron chi connectivity index (χ3n) is 7.33. The summed E-state index contributed by atoms with van der Waals surface area (Å²) >= 11 is 0. The molecule has 1 aliphatic carbocycles. The Morgan fingerprint density at radius 1 is 1.11 bits per heavy atom. The molecule has 2 saturated heterocycles. The Morgan fingerprint density at radius 3 is 2.75 bits per heavy atom. The van der Waals surface area contributed by atoms with Gasteiger partial charge >= 0.3 is 0 Å². The Kier molecular flexibility index (Phi) is 3.68. The van der Waals surface area contributed by atoms with Crippen molar-refractivity contribution >= 4 is 10.9 Å². The molecule has 6 rings (SSSR count). The summed E-state index contributed by atoms with van der Waals surface area (Å²) in [4.78, 5) is 0. The molecule has 4 atom stereocenters. The maximum atomic E-state index is 5.47. The number of hydrogen-bond donors (Lipinski definition) is 1. The van der Waals surface area contributed by atoms with Crippen molar-refractivity contribution in [3.8, 4) is 5.69 Å². The molecule has 146 valence electrons. The lowest BCUT2D eigenvalue weighted by Crippen LogP contribution is -2.45. The summed E-state index contributed by atoms with van der Waals surface area (Å²) in [5.41, 5.74) is 5.12. The SMILES string of the molecule is Cc1cc2cnn(-c3cnn(C)c3)c2cc1[C@@H]1C[C@H]2CN[C@@H](C3COC3)[C@@H]2C1. The normalized spacial score (nSPS) is 30.1. The van der Waals surface area contributed by atoms with E-state index in [-0.39, 0.29) is 0 Å². The van der Waals surface area contributed by atoms with Crippen LogP contribution in [0.4, 0.5) is 0 Å². The average Bonchev–Trinajstić information content (AvgIpc) is 3.37. The first-order chi connectivity index (χ1) is 13.7. The van der Waals surface area contributed by atoms with Crippen molar-refractivity contribution in [1.82, 2.24) is 24.9 Å². The highest BCUT2D eigenvalue weighted by Crippen LogP contribution is 2.49. The molecule has 1 N–H and O–H groups in total. The van der Waals surface area contributed by atoms with E-state index in [1.165, 1.54) is 41.4 Å². The van der Waals surface area contributed by atoms with Crippen LogP contribution in [0.1, 0.15) is 29.9 Å². The molecule has 0 radical (unpaired) electrons. The predicted molar refractivity (Wildman–Crippen MR) is 108 cm³/mol. The number of nitrogens with one attached hydrogen (secondary N) is 1. The quantitative estimate of drug-likeness (QED) is 0.763. The molecular weight excluding hydrogens is 350 g/mol. The minimum atomic E-state index is 0.655. The fraction of sp³-hybridized carbons (Fsp3) is 0.545. The largest absolute Gasteiger partial charge is 0.381 e. The number of ether oxygens (including phenoxy) is 1. The molecule has 1 aromatic carbocycles. The molecule has 28 heavy (non-hydrogen) atoms. The molecule has 2 aromatic heterocycles.